The molecule has 1 fully saturated rings. The number of alkyl halides is 3. The quantitative estimate of drug-likeness (QED) is 0.720. The van der Waals surface area contributed by atoms with E-state index in [2.05, 4.69) is 29.3 Å². The zero-order valence-corrected chi connectivity index (χ0v) is 16.3. The minimum absolute atomic E-state index is 0.109. The molecule has 1 amide bonds. The Morgan fingerprint density at radius 3 is 2.71 bits per heavy atom. The summed E-state index contributed by atoms with van der Waals surface area (Å²) >= 11 is 5.64. The number of hydrogen-bond acceptors (Lipinski definition) is 2. The fourth-order valence-electron chi connectivity index (χ4n) is 3.51. The molecule has 28 heavy (non-hydrogen) atoms. The highest BCUT2D eigenvalue weighted by atomic mass is 35.5. The zero-order valence-electron chi connectivity index (χ0n) is 15.5. The monoisotopic (exact) mass is 410 g/mol. The first kappa shape index (κ1) is 20.7. The summed E-state index contributed by atoms with van der Waals surface area (Å²) in [5, 5.41) is 2.24. The normalized spacial score (nSPS) is 18.1. The summed E-state index contributed by atoms with van der Waals surface area (Å²) in [4.78, 5) is 14.8. The van der Waals surface area contributed by atoms with Gasteiger partial charge in [-0.2, -0.15) is 13.2 Å². The Morgan fingerprint density at radius 2 is 2.00 bits per heavy atom. The second-order valence-corrected chi connectivity index (χ2v) is 7.59. The Kier molecular flexibility index (Phi) is 6.30. The predicted octanol–water partition coefficient (Wildman–Crippen LogP) is 5.52. The molecular formula is C21H22ClF3N2O. The minimum atomic E-state index is -4.56. The molecule has 0 saturated carbocycles. The summed E-state index contributed by atoms with van der Waals surface area (Å²) in [5.41, 5.74) is 1.58. The molecule has 1 unspecified atom stereocenters. The third kappa shape index (κ3) is 5.06. The van der Waals surface area contributed by atoms with E-state index >= 15 is 0 Å². The van der Waals surface area contributed by atoms with Gasteiger partial charge in [0.05, 0.1) is 16.5 Å². The lowest BCUT2D eigenvalue weighted by Gasteiger charge is -2.32. The first-order valence-corrected chi connectivity index (χ1v) is 9.56. The Hall–Kier alpha value is -2.05. The lowest BCUT2D eigenvalue weighted by Crippen LogP contribution is -2.40. The molecule has 3 nitrogen and oxygen atoms in total. The van der Waals surface area contributed by atoms with Crippen molar-refractivity contribution in [1.29, 1.82) is 0 Å². The van der Waals surface area contributed by atoms with Gasteiger partial charge in [-0.15, -0.1) is 0 Å². The maximum atomic E-state index is 13.0. The molecule has 150 valence electrons. The van der Waals surface area contributed by atoms with Gasteiger partial charge in [0.25, 0.3) is 0 Å². The Bertz CT molecular complexity index is 854. The Labute approximate surface area is 167 Å². The molecule has 7 heteroatoms. The van der Waals surface area contributed by atoms with Gasteiger partial charge in [-0.05, 0) is 55.6 Å². The molecule has 1 aliphatic heterocycles. The van der Waals surface area contributed by atoms with Gasteiger partial charge >= 0.3 is 6.18 Å². The Morgan fingerprint density at radius 1 is 1.25 bits per heavy atom. The van der Waals surface area contributed by atoms with Gasteiger partial charge in [0.1, 0.15) is 0 Å². The van der Waals surface area contributed by atoms with Crippen LogP contribution in [0.4, 0.5) is 18.9 Å². The number of nitrogens with one attached hydrogen (secondary N) is 1. The highest BCUT2D eigenvalue weighted by Gasteiger charge is 2.34. The van der Waals surface area contributed by atoms with Crippen molar-refractivity contribution >= 4 is 23.2 Å². The van der Waals surface area contributed by atoms with Crippen LogP contribution in [0.5, 0.6) is 0 Å². The van der Waals surface area contributed by atoms with Crippen molar-refractivity contribution in [2.75, 3.05) is 18.4 Å². The van der Waals surface area contributed by atoms with Crippen molar-refractivity contribution in [1.82, 2.24) is 4.90 Å². The molecular weight excluding hydrogens is 389 g/mol. The molecule has 0 spiro atoms. The van der Waals surface area contributed by atoms with Crippen LogP contribution in [0.3, 0.4) is 0 Å². The van der Waals surface area contributed by atoms with Gasteiger partial charge in [-0.25, -0.2) is 0 Å². The van der Waals surface area contributed by atoms with Crippen molar-refractivity contribution in [2.24, 2.45) is 5.92 Å². The third-order valence-electron chi connectivity index (χ3n) is 5.07. The zero-order chi connectivity index (χ0) is 20.3. The highest BCUT2D eigenvalue weighted by molar-refractivity contribution is 6.31. The summed E-state index contributed by atoms with van der Waals surface area (Å²) in [7, 11) is 0. The average molecular weight is 411 g/mol. The van der Waals surface area contributed by atoms with E-state index in [0.29, 0.717) is 6.54 Å². The maximum Gasteiger partial charge on any atom is 0.417 e. The van der Waals surface area contributed by atoms with Crippen molar-refractivity contribution in [3.8, 4) is 0 Å². The number of likely N-dealkylation sites (tertiary alicyclic amines) is 1. The summed E-state index contributed by atoms with van der Waals surface area (Å²) < 4.78 is 39.0. The van der Waals surface area contributed by atoms with E-state index in [4.69, 9.17) is 11.6 Å². The predicted molar refractivity (Wildman–Crippen MR) is 104 cm³/mol. The maximum absolute atomic E-state index is 13.0. The van der Waals surface area contributed by atoms with E-state index in [9.17, 15) is 18.0 Å². The molecule has 1 N–H and O–H groups in total. The first-order valence-electron chi connectivity index (χ1n) is 9.18. The smallest absolute Gasteiger partial charge is 0.326 e. The van der Waals surface area contributed by atoms with E-state index in [1.807, 2.05) is 12.1 Å². The van der Waals surface area contributed by atoms with Crippen LogP contribution in [0.1, 0.15) is 29.5 Å². The Balaban J connectivity index is 1.65. The van der Waals surface area contributed by atoms with E-state index in [1.54, 1.807) is 0 Å². The van der Waals surface area contributed by atoms with Crippen molar-refractivity contribution in [3.63, 3.8) is 0 Å². The summed E-state index contributed by atoms with van der Waals surface area (Å²) in [5.74, 6) is -0.521. The third-order valence-corrected chi connectivity index (χ3v) is 5.40. The number of halogens is 4. The van der Waals surface area contributed by atoms with Crippen molar-refractivity contribution in [2.45, 2.75) is 32.5 Å². The standard InChI is InChI=1S/C21H22ClF3N2O/c1-14-5-2-3-6-15(14)12-27-10-4-7-16(13-27)20(28)26-17-8-9-19(22)18(11-17)21(23,24)25/h2-3,5-6,8-9,11,16H,4,7,10,12-13H2,1H3,(H,26,28). The second kappa shape index (κ2) is 8.53. The lowest BCUT2D eigenvalue weighted by atomic mass is 9.96. The molecule has 0 aliphatic carbocycles. The topological polar surface area (TPSA) is 32.3 Å². The molecule has 1 aliphatic rings. The second-order valence-electron chi connectivity index (χ2n) is 7.18. The molecule has 0 aromatic heterocycles. The van der Waals surface area contributed by atoms with Crippen LogP contribution in [0.2, 0.25) is 5.02 Å². The largest absolute Gasteiger partial charge is 0.417 e. The molecule has 1 heterocycles. The molecule has 2 aromatic rings. The number of benzene rings is 2. The van der Waals surface area contributed by atoms with Crippen LogP contribution in [0, 0.1) is 12.8 Å². The van der Waals surface area contributed by atoms with Crippen LogP contribution >= 0.6 is 11.6 Å². The number of hydrogen-bond donors (Lipinski definition) is 1. The molecule has 0 radical (unpaired) electrons. The molecule has 1 atom stereocenters. The van der Waals surface area contributed by atoms with Crippen molar-refractivity contribution < 1.29 is 18.0 Å². The molecule has 3 rings (SSSR count). The molecule has 1 saturated heterocycles. The van der Waals surface area contributed by atoms with Gasteiger partial charge in [0.2, 0.25) is 5.91 Å². The molecule has 0 bridgehead atoms. The highest BCUT2D eigenvalue weighted by Crippen LogP contribution is 2.36. The lowest BCUT2D eigenvalue weighted by molar-refractivity contribution is -0.137. The van der Waals surface area contributed by atoms with Crippen LogP contribution in [0.25, 0.3) is 0 Å². The number of anilines is 1. The first-order chi connectivity index (χ1) is 13.2. The number of nitrogens with zero attached hydrogens (tertiary/aromatic N) is 1. The number of piperidine rings is 1. The number of carbonyl (C=O) groups excluding carboxylic acids is 1. The van der Waals surface area contributed by atoms with E-state index in [1.165, 1.54) is 17.2 Å². The summed E-state index contributed by atoms with van der Waals surface area (Å²) in [6.07, 6.45) is -2.97. The number of carbonyl (C=O) groups is 1. The van der Waals surface area contributed by atoms with Crippen LogP contribution in [0.15, 0.2) is 42.5 Å². The number of aryl methyl sites for hydroxylation is 1. The minimum Gasteiger partial charge on any atom is -0.326 e. The average Bonchev–Trinajstić information content (AvgIpc) is 2.64. The van der Waals surface area contributed by atoms with Crippen LogP contribution in [-0.4, -0.2) is 23.9 Å². The summed E-state index contributed by atoms with van der Waals surface area (Å²) in [6.45, 7) is 4.30. The van der Waals surface area contributed by atoms with Crippen LogP contribution in [-0.2, 0) is 17.5 Å². The van der Waals surface area contributed by atoms with E-state index in [0.717, 1.165) is 38.1 Å². The van der Waals surface area contributed by atoms with E-state index in [-0.39, 0.29) is 22.5 Å². The van der Waals surface area contributed by atoms with Gasteiger partial charge in [-0.1, -0.05) is 35.9 Å². The van der Waals surface area contributed by atoms with Gasteiger partial charge in [0, 0.05) is 18.8 Å². The van der Waals surface area contributed by atoms with E-state index < -0.39 is 11.7 Å². The number of rotatable bonds is 4. The van der Waals surface area contributed by atoms with Gasteiger partial charge in [-0.3, -0.25) is 9.69 Å². The van der Waals surface area contributed by atoms with Crippen molar-refractivity contribution in [3.05, 3.63) is 64.2 Å². The van der Waals surface area contributed by atoms with Gasteiger partial charge < -0.3 is 5.32 Å². The van der Waals surface area contributed by atoms with Crippen LogP contribution < -0.4 is 5.32 Å². The van der Waals surface area contributed by atoms with Gasteiger partial charge in [0.15, 0.2) is 0 Å². The fourth-order valence-corrected chi connectivity index (χ4v) is 3.73. The molecule has 2 aromatic carbocycles. The summed E-state index contributed by atoms with van der Waals surface area (Å²) in [6, 6.07) is 11.6. The number of amides is 1. The SMILES string of the molecule is Cc1ccccc1CN1CCCC(C(=O)Nc2ccc(Cl)c(C(F)(F)F)c2)C1. The fraction of sp³-hybridized carbons (Fsp3) is 0.381.